The van der Waals surface area contributed by atoms with E-state index >= 15 is 0 Å². The van der Waals surface area contributed by atoms with E-state index in [4.69, 9.17) is 9.26 Å². The SMILES string of the molecule is COc1cccc(-c2nc([C@H]3CCCN(C(=O)c4cc(C)ccc4C)C3)no2)c1. The average Bonchev–Trinajstić information content (AvgIpc) is 3.25. The molecule has 0 unspecified atom stereocenters. The maximum absolute atomic E-state index is 13.1. The molecule has 0 bridgehead atoms. The number of hydrogen-bond acceptors (Lipinski definition) is 5. The fourth-order valence-corrected chi connectivity index (χ4v) is 3.78. The van der Waals surface area contributed by atoms with Crippen LogP contribution in [0, 0.1) is 13.8 Å². The van der Waals surface area contributed by atoms with Gasteiger partial charge in [0.25, 0.3) is 11.8 Å². The van der Waals surface area contributed by atoms with Crippen molar-refractivity contribution in [1.82, 2.24) is 15.0 Å². The van der Waals surface area contributed by atoms with Crippen LogP contribution in [-0.4, -0.2) is 41.1 Å². The zero-order valence-corrected chi connectivity index (χ0v) is 17.0. The lowest BCUT2D eigenvalue weighted by Gasteiger charge is -2.31. The number of methoxy groups -OCH3 is 1. The van der Waals surface area contributed by atoms with E-state index in [-0.39, 0.29) is 11.8 Å². The summed E-state index contributed by atoms with van der Waals surface area (Å²) in [5.41, 5.74) is 3.69. The van der Waals surface area contributed by atoms with Gasteiger partial charge in [-0.2, -0.15) is 4.98 Å². The second-order valence-corrected chi connectivity index (χ2v) is 7.60. The minimum atomic E-state index is 0.0703. The van der Waals surface area contributed by atoms with Gasteiger partial charge in [-0.3, -0.25) is 4.79 Å². The first-order valence-electron chi connectivity index (χ1n) is 9.89. The number of carbonyl (C=O) groups excluding carboxylic acids is 1. The molecule has 1 atom stereocenters. The lowest BCUT2D eigenvalue weighted by molar-refractivity contribution is 0.0702. The molecule has 1 aliphatic rings. The molecule has 2 heterocycles. The van der Waals surface area contributed by atoms with Gasteiger partial charge in [0.15, 0.2) is 5.82 Å². The predicted octanol–water partition coefficient (Wildman–Crippen LogP) is 4.38. The third-order valence-corrected chi connectivity index (χ3v) is 5.46. The maximum Gasteiger partial charge on any atom is 0.258 e. The van der Waals surface area contributed by atoms with Crippen molar-refractivity contribution in [3.8, 4) is 17.2 Å². The van der Waals surface area contributed by atoms with Crippen LogP contribution in [0.4, 0.5) is 0 Å². The highest BCUT2D eigenvalue weighted by Gasteiger charge is 2.29. The quantitative estimate of drug-likeness (QED) is 0.660. The van der Waals surface area contributed by atoms with Crippen LogP contribution < -0.4 is 4.74 Å². The molecule has 1 aromatic heterocycles. The van der Waals surface area contributed by atoms with E-state index in [0.717, 1.165) is 47.4 Å². The Morgan fingerprint density at radius 3 is 2.90 bits per heavy atom. The Bertz CT molecular complexity index is 1030. The van der Waals surface area contributed by atoms with Crippen LogP contribution in [0.25, 0.3) is 11.5 Å². The van der Waals surface area contributed by atoms with Crippen molar-refractivity contribution in [1.29, 1.82) is 0 Å². The van der Waals surface area contributed by atoms with E-state index in [2.05, 4.69) is 10.1 Å². The maximum atomic E-state index is 13.1. The van der Waals surface area contributed by atoms with E-state index in [1.165, 1.54) is 0 Å². The van der Waals surface area contributed by atoms with Gasteiger partial charge in [-0.05, 0) is 56.5 Å². The van der Waals surface area contributed by atoms with Gasteiger partial charge in [0, 0.05) is 30.1 Å². The smallest absolute Gasteiger partial charge is 0.258 e. The molecule has 3 aromatic rings. The van der Waals surface area contributed by atoms with Gasteiger partial charge in [0.05, 0.1) is 7.11 Å². The minimum Gasteiger partial charge on any atom is -0.497 e. The highest BCUT2D eigenvalue weighted by molar-refractivity contribution is 5.96. The molecule has 1 amide bonds. The summed E-state index contributed by atoms with van der Waals surface area (Å²) in [5, 5.41) is 4.21. The van der Waals surface area contributed by atoms with Crippen molar-refractivity contribution in [3.63, 3.8) is 0 Å². The third-order valence-electron chi connectivity index (χ3n) is 5.46. The van der Waals surface area contributed by atoms with Crippen LogP contribution in [0.2, 0.25) is 0 Å². The summed E-state index contributed by atoms with van der Waals surface area (Å²) >= 11 is 0. The highest BCUT2D eigenvalue weighted by Crippen LogP contribution is 2.29. The van der Waals surface area contributed by atoms with Crippen LogP contribution in [0.5, 0.6) is 5.75 Å². The first kappa shape index (κ1) is 19.2. The van der Waals surface area contributed by atoms with E-state index in [0.29, 0.717) is 18.3 Å². The number of likely N-dealkylation sites (tertiary alicyclic amines) is 1. The number of aromatic nitrogens is 2. The average molecular weight is 391 g/mol. The summed E-state index contributed by atoms with van der Waals surface area (Å²) in [4.78, 5) is 19.6. The lowest BCUT2D eigenvalue weighted by atomic mass is 9.96. The summed E-state index contributed by atoms with van der Waals surface area (Å²) in [6.07, 6.45) is 1.86. The third kappa shape index (κ3) is 4.01. The highest BCUT2D eigenvalue weighted by atomic mass is 16.5. The molecule has 0 spiro atoms. The Kier molecular flexibility index (Phi) is 5.34. The van der Waals surface area contributed by atoms with Gasteiger partial charge < -0.3 is 14.2 Å². The number of ether oxygens (including phenoxy) is 1. The van der Waals surface area contributed by atoms with Crippen molar-refractivity contribution in [2.45, 2.75) is 32.6 Å². The minimum absolute atomic E-state index is 0.0703. The number of carbonyl (C=O) groups is 1. The zero-order valence-electron chi connectivity index (χ0n) is 17.0. The van der Waals surface area contributed by atoms with Crippen LogP contribution in [0.1, 0.15) is 46.1 Å². The standard InChI is InChI=1S/C23H25N3O3/c1-15-9-10-16(2)20(12-15)23(27)26-11-5-7-18(14-26)21-24-22(29-25-21)17-6-4-8-19(13-17)28-3/h4,6,8-10,12-13,18H,5,7,11,14H2,1-3H3/t18-/m0/s1. The molecule has 0 N–H and O–H groups in total. The van der Waals surface area contributed by atoms with Crippen LogP contribution in [-0.2, 0) is 0 Å². The van der Waals surface area contributed by atoms with E-state index in [9.17, 15) is 4.79 Å². The van der Waals surface area contributed by atoms with Gasteiger partial charge in [-0.1, -0.05) is 28.9 Å². The first-order valence-corrected chi connectivity index (χ1v) is 9.89. The second kappa shape index (κ2) is 8.07. The largest absolute Gasteiger partial charge is 0.497 e. The van der Waals surface area contributed by atoms with Gasteiger partial charge in [-0.25, -0.2) is 0 Å². The zero-order chi connectivity index (χ0) is 20.4. The van der Waals surface area contributed by atoms with Crippen molar-refractivity contribution in [3.05, 3.63) is 65.0 Å². The van der Waals surface area contributed by atoms with Crippen molar-refractivity contribution in [2.24, 2.45) is 0 Å². The number of benzene rings is 2. The summed E-state index contributed by atoms with van der Waals surface area (Å²) in [6, 6.07) is 13.6. The number of hydrogen-bond donors (Lipinski definition) is 0. The number of nitrogens with zero attached hydrogens (tertiary/aromatic N) is 3. The Balaban J connectivity index is 1.52. The molecular weight excluding hydrogens is 366 g/mol. The summed E-state index contributed by atoms with van der Waals surface area (Å²) < 4.78 is 10.8. The molecule has 6 nitrogen and oxygen atoms in total. The van der Waals surface area contributed by atoms with E-state index in [1.807, 2.05) is 61.2 Å². The van der Waals surface area contributed by atoms with Crippen molar-refractivity contribution < 1.29 is 14.1 Å². The molecule has 6 heteroatoms. The first-order chi connectivity index (χ1) is 14.0. The lowest BCUT2D eigenvalue weighted by Crippen LogP contribution is -2.39. The molecule has 29 heavy (non-hydrogen) atoms. The Hall–Kier alpha value is -3.15. The van der Waals surface area contributed by atoms with Crippen molar-refractivity contribution in [2.75, 3.05) is 20.2 Å². The van der Waals surface area contributed by atoms with Gasteiger partial charge in [0.2, 0.25) is 0 Å². The molecule has 1 fully saturated rings. The normalized spacial score (nSPS) is 16.7. The molecule has 4 rings (SSSR count). The number of amides is 1. The molecule has 150 valence electrons. The molecule has 1 saturated heterocycles. The fourth-order valence-electron chi connectivity index (χ4n) is 3.78. The Labute approximate surface area is 170 Å². The Morgan fingerprint density at radius 1 is 1.21 bits per heavy atom. The topological polar surface area (TPSA) is 68.5 Å². The number of rotatable bonds is 4. The van der Waals surface area contributed by atoms with E-state index in [1.54, 1.807) is 7.11 Å². The Morgan fingerprint density at radius 2 is 2.07 bits per heavy atom. The van der Waals surface area contributed by atoms with Crippen molar-refractivity contribution >= 4 is 5.91 Å². The van der Waals surface area contributed by atoms with Crippen LogP contribution in [0.3, 0.4) is 0 Å². The van der Waals surface area contributed by atoms with E-state index < -0.39 is 0 Å². The van der Waals surface area contributed by atoms with Gasteiger partial charge in [-0.15, -0.1) is 0 Å². The summed E-state index contributed by atoms with van der Waals surface area (Å²) in [5.74, 6) is 2.01. The fraction of sp³-hybridized carbons (Fsp3) is 0.348. The predicted molar refractivity (Wildman–Crippen MR) is 110 cm³/mol. The molecule has 1 aliphatic heterocycles. The summed E-state index contributed by atoms with van der Waals surface area (Å²) in [7, 11) is 1.63. The second-order valence-electron chi connectivity index (χ2n) is 7.60. The van der Waals surface area contributed by atoms with Gasteiger partial charge >= 0.3 is 0 Å². The molecule has 0 radical (unpaired) electrons. The molecule has 2 aromatic carbocycles. The van der Waals surface area contributed by atoms with Crippen LogP contribution in [0.15, 0.2) is 47.0 Å². The number of piperidine rings is 1. The summed E-state index contributed by atoms with van der Waals surface area (Å²) in [6.45, 7) is 5.34. The monoisotopic (exact) mass is 391 g/mol. The molecule has 0 saturated carbocycles. The molecular formula is C23H25N3O3. The van der Waals surface area contributed by atoms with Crippen LogP contribution >= 0.6 is 0 Å². The number of aryl methyl sites for hydroxylation is 2. The molecule has 0 aliphatic carbocycles. The van der Waals surface area contributed by atoms with Gasteiger partial charge in [0.1, 0.15) is 5.75 Å².